The normalized spacial score (nSPS) is 19.1. The molecule has 4 rings (SSSR count). The quantitative estimate of drug-likeness (QED) is 0.896. The van der Waals surface area contributed by atoms with E-state index in [1.54, 1.807) is 18.4 Å². The maximum absolute atomic E-state index is 5.44. The molecule has 0 aliphatic carbocycles. The molecule has 6 nitrogen and oxygen atoms in total. The van der Waals surface area contributed by atoms with Gasteiger partial charge < -0.3 is 9.30 Å². The summed E-state index contributed by atoms with van der Waals surface area (Å²) in [7, 11) is 3.73. The van der Waals surface area contributed by atoms with Crippen LogP contribution in [0, 0.1) is 0 Å². The average molecular weight is 355 g/mol. The number of thiophene rings is 1. The summed E-state index contributed by atoms with van der Waals surface area (Å²) >= 11 is 1.71. The minimum Gasteiger partial charge on any atom is -0.497 e. The van der Waals surface area contributed by atoms with E-state index >= 15 is 0 Å². The number of aliphatic imine (C=N–C) groups is 1. The van der Waals surface area contributed by atoms with Gasteiger partial charge in [-0.25, -0.2) is 9.98 Å². The van der Waals surface area contributed by atoms with E-state index in [1.165, 1.54) is 4.88 Å². The average Bonchev–Trinajstić information content (AvgIpc) is 3.33. The molecule has 1 N–H and O–H groups in total. The van der Waals surface area contributed by atoms with Crippen LogP contribution in [0.15, 0.2) is 52.3 Å². The number of allylic oxidation sites excluding steroid dienone is 3. The van der Waals surface area contributed by atoms with Crippen molar-refractivity contribution < 1.29 is 4.74 Å². The summed E-state index contributed by atoms with van der Waals surface area (Å²) in [5.74, 6) is 2.88. The van der Waals surface area contributed by atoms with Gasteiger partial charge in [0, 0.05) is 31.8 Å². The Kier molecular flexibility index (Phi) is 4.09. The van der Waals surface area contributed by atoms with Crippen molar-refractivity contribution in [2.24, 2.45) is 12.0 Å². The molecule has 0 radical (unpaired) electrons. The summed E-state index contributed by atoms with van der Waals surface area (Å²) in [5.41, 5.74) is 5.55. The van der Waals surface area contributed by atoms with Crippen LogP contribution in [0.25, 0.3) is 10.6 Å². The first-order valence-electron chi connectivity index (χ1n) is 8.27. The summed E-state index contributed by atoms with van der Waals surface area (Å²) in [6.45, 7) is 2.06. The largest absolute Gasteiger partial charge is 0.497 e. The standard InChI is InChI=1S/C18H21N5OS/c1-12-6-7-14(24-3)18-20-16(21-23(12)18)8-9-17-19-13(11-22(17)2)15-5-4-10-25-15/h4-7,10-11,18H,8-9H2,1-3H3,(H,20,21). The Morgan fingerprint density at radius 1 is 1.32 bits per heavy atom. The van der Waals surface area contributed by atoms with Crippen molar-refractivity contribution in [3.8, 4) is 10.6 Å². The van der Waals surface area contributed by atoms with Crippen molar-refractivity contribution in [3.63, 3.8) is 0 Å². The van der Waals surface area contributed by atoms with Crippen molar-refractivity contribution in [2.45, 2.75) is 25.9 Å². The molecule has 2 aliphatic heterocycles. The van der Waals surface area contributed by atoms with E-state index < -0.39 is 0 Å². The van der Waals surface area contributed by atoms with Crippen LogP contribution in [0.1, 0.15) is 19.2 Å². The fraction of sp³-hybridized carbons (Fsp3) is 0.333. The number of amidine groups is 1. The van der Waals surface area contributed by atoms with Crippen LogP contribution in [0.4, 0.5) is 0 Å². The lowest BCUT2D eigenvalue weighted by atomic mass is 10.2. The Balaban J connectivity index is 1.46. The summed E-state index contributed by atoms with van der Waals surface area (Å²) in [4.78, 5) is 10.8. The van der Waals surface area contributed by atoms with Gasteiger partial charge in [0.2, 0.25) is 0 Å². The second-order valence-corrected chi connectivity index (χ2v) is 7.09. The van der Waals surface area contributed by atoms with E-state index in [2.05, 4.69) is 40.6 Å². The molecule has 0 saturated heterocycles. The minimum atomic E-state index is -0.104. The number of hydrogen-bond donors (Lipinski definition) is 1. The molecule has 0 amide bonds. The topological polar surface area (TPSA) is 54.7 Å². The number of ether oxygens (including phenoxy) is 1. The van der Waals surface area contributed by atoms with Gasteiger partial charge in [-0.2, -0.15) is 0 Å². The number of nitrogens with one attached hydrogen (secondary N) is 1. The van der Waals surface area contributed by atoms with E-state index in [0.717, 1.165) is 41.7 Å². The summed E-state index contributed by atoms with van der Waals surface area (Å²) in [6, 6.07) is 4.16. The number of fused-ring (bicyclic) bond motifs is 1. The highest BCUT2D eigenvalue weighted by Crippen LogP contribution is 2.26. The number of nitrogens with zero attached hydrogens (tertiary/aromatic N) is 4. The highest BCUT2D eigenvalue weighted by atomic mass is 32.1. The van der Waals surface area contributed by atoms with E-state index in [4.69, 9.17) is 14.7 Å². The first kappa shape index (κ1) is 16.0. The van der Waals surface area contributed by atoms with Crippen molar-refractivity contribution in [1.82, 2.24) is 20.0 Å². The molecule has 25 heavy (non-hydrogen) atoms. The Bertz CT molecular complexity index is 862. The van der Waals surface area contributed by atoms with Gasteiger partial charge in [-0.1, -0.05) is 6.07 Å². The van der Waals surface area contributed by atoms with Gasteiger partial charge in [0.15, 0.2) is 6.17 Å². The monoisotopic (exact) mass is 355 g/mol. The molecule has 4 heterocycles. The molecule has 7 heteroatoms. The van der Waals surface area contributed by atoms with Crippen molar-refractivity contribution in [1.29, 1.82) is 0 Å². The smallest absolute Gasteiger partial charge is 0.198 e. The molecule has 2 aromatic heterocycles. The molecule has 1 atom stereocenters. The zero-order valence-electron chi connectivity index (χ0n) is 14.6. The fourth-order valence-corrected chi connectivity index (χ4v) is 3.76. The van der Waals surface area contributed by atoms with Crippen molar-refractivity contribution in [2.75, 3.05) is 7.11 Å². The van der Waals surface area contributed by atoms with Crippen LogP contribution < -0.4 is 5.43 Å². The summed E-state index contributed by atoms with van der Waals surface area (Å²) in [5, 5.41) is 4.12. The lowest BCUT2D eigenvalue weighted by Crippen LogP contribution is -2.41. The van der Waals surface area contributed by atoms with Crippen LogP contribution in [0.5, 0.6) is 0 Å². The predicted molar refractivity (Wildman–Crippen MR) is 99.9 cm³/mol. The number of hydrogen-bond acceptors (Lipinski definition) is 6. The number of imidazole rings is 1. The molecule has 0 spiro atoms. The van der Waals surface area contributed by atoms with Crippen molar-refractivity contribution >= 4 is 17.2 Å². The molecular formula is C18H21N5OS. The van der Waals surface area contributed by atoms with Gasteiger partial charge in [-0.05, 0) is 30.5 Å². The third-order valence-electron chi connectivity index (χ3n) is 4.46. The SMILES string of the molecule is COC1=CC=C(C)N2NC(CCc3nc(-c4cccs4)cn3C)=NC12. The third-order valence-corrected chi connectivity index (χ3v) is 5.36. The third kappa shape index (κ3) is 2.95. The van der Waals surface area contributed by atoms with Gasteiger partial charge in [-0.15, -0.1) is 11.3 Å². The fourth-order valence-electron chi connectivity index (χ4n) is 3.08. The second-order valence-electron chi connectivity index (χ2n) is 6.14. The molecule has 0 saturated carbocycles. The number of aryl methyl sites for hydroxylation is 2. The molecule has 2 aliphatic rings. The first-order valence-corrected chi connectivity index (χ1v) is 9.15. The molecule has 2 aromatic rings. The lowest BCUT2D eigenvalue weighted by molar-refractivity contribution is 0.175. The van der Waals surface area contributed by atoms with Crippen LogP contribution in [0.2, 0.25) is 0 Å². The predicted octanol–water partition coefficient (Wildman–Crippen LogP) is 3.07. The molecule has 0 bridgehead atoms. The molecular weight excluding hydrogens is 334 g/mol. The van der Waals surface area contributed by atoms with Gasteiger partial charge in [0.25, 0.3) is 0 Å². The lowest BCUT2D eigenvalue weighted by Gasteiger charge is -2.29. The molecule has 0 fully saturated rings. The number of aromatic nitrogens is 2. The highest BCUT2D eigenvalue weighted by molar-refractivity contribution is 7.13. The molecule has 1 unspecified atom stereocenters. The van der Waals surface area contributed by atoms with Gasteiger partial charge in [0.05, 0.1) is 17.7 Å². The number of rotatable bonds is 5. The highest BCUT2D eigenvalue weighted by Gasteiger charge is 2.32. The van der Waals surface area contributed by atoms with Crippen LogP contribution in [0.3, 0.4) is 0 Å². The van der Waals surface area contributed by atoms with E-state index in [0.29, 0.717) is 0 Å². The molecule has 0 aromatic carbocycles. The maximum atomic E-state index is 5.44. The zero-order chi connectivity index (χ0) is 17.4. The van der Waals surface area contributed by atoms with Crippen molar-refractivity contribution in [3.05, 3.63) is 53.1 Å². The van der Waals surface area contributed by atoms with Crippen LogP contribution >= 0.6 is 11.3 Å². The maximum Gasteiger partial charge on any atom is 0.198 e. The summed E-state index contributed by atoms with van der Waals surface area (Å²) < 4.78 is 7.54. The molecule has 130 valence electrons. The Morgan fingerprint density at radius 2 is 2.20 bits per heavy atom. The van der Waals surface area contributed by atoms with E-state index in [1.807, 2.05) is 24.2 Å². The number of hydrazine groups is 1. The zero-order valence-corrected chi connectivity index (χ0v) is 15.4. The summed E-state index contributed by atoms with van der Waals surface area (Å²) in [6.07, 6.45) is 7.65. The first-order chi connectivity index (χ1) is 12.2. The number of methoxy groups -OCH3 is 1. The van der Waals surface area contributed by atoms with Gasteiger partial charge >= 0.3 is 0 Å². The minimum absolute atomic E-state index is 0.104. The Labute approximate surface area is 151 Å². The van der Waals surface area contributed by atoms with Gasteiger partial charge in [-0.3, -0.25) is 10.4 Å². The van der Waals surface area contributed by atoms with Crippen LogP contribution in [-0.4, -0.2) is 33.7 Å². The van der Waals surface area contributed by atoms with Gasteiger partial charge in [0.1, 0.15) is 17.4 Å². The second kappa shape index (κ2) is 6.40. The van der Waals surface area contributed by atoms with E-state index in [-0.39, 0.29) is 6.17 Å². The van der Waals surface area contributed by atoms with Crippen LogP contribution in [-0.2, 0) is 18.2 Å². The Morgan fingerprint density at radius 3 is 2.96 bits per heavy atom. The van der Waals surface area contributed by atoms with E-state index in [9.17, 15) is 0 Å². The Hall–Kier alpha value is -2.54.